The molecule has 0 bridgehead atoms. The van der Waals surface area contributed by atoms with E-state index in [1.54, 1.807) is 24.4 Å². The Morgan fingerprint density at radius 1 is 1.21 bits per heavy atom. The van der Waals surface area contributed by atoms with Gasteiger partial charge in [0, 0.05) is 23.5 Å². The number of amides is 1. The summed E-state index contributed by atoms with van der Waals surface area (Å²) in [4.78, 5) is 27.7. The molecule has 1 atom stereocenters. The number of halogens is 1. The first-order valence-corrected chi connectivity index (χ1v) is 8.89. The molecular formula is C20H20FN5O3. The third kappa shape index (κ3) is 5.69. The van der Waals surface area contributed by atoms with Crippen LogP contribution in [0.1, 0.15) is 11.3 Å². The Morgan fingerprint density at radius 2 is 1.97 bits per heavy atom. The van der Waals surface area contributed by atoms with Gasteiger partial charge in [-0.05, 0) is 43.2 Å². The van der Waals surface area contributed by atoms with Crippen LogP contribution in [-0.2, 0) is 16.0 Å². The van der Waals surface area contributed by atoms with Gasteiger partial charge in [0.2, 0.25) is 5.91 Å². The summed E-state index contributed by atoms with van der Waals surface area (Å²) in [6.45, 7) is 1.48. The maximum atomic E-state index is 13.1. The number of pyridine rings is 1. The number of nitrogens with zero attached hydrogens (tertiary/aromatic N) is 2. The highest BCUT2D eigenvalue weighted by molar-refractivity contribution is 5.95. The van der Waals surface area contributed by atoms with Crippen molar-refractivity contribution in [1.29, 1.82) is 0 Å². The minimum atomic E-state index is -1.09. The van der Waals surface area contributed by atoms with Crippen LogP contribution in [0, 0.1) is 12.7 Å². The third-order valence-electron chi connectivity index (χ3n) is 4.21. The van der Waals surface area contributed by atoms with Gasteiger partial charge in [0.15, 0.2) is 5.82 Å². The molecule has 0 saturated carbocycles. The fourth-order valence-electron chi connectivity index (χ4n) is 2.78. The van der Waals surface area contributed by atoms with Crippen molar-refractivity contribution in [3.8, 4) is 11.3 Å². The van der Waals surface area contributed by atoms with Gasteiger partial charge in [-0.15, -0.1) is 0 Å². The number of anilines is 1. The van der Waals surface area contributed by atoms with Crippen LogP contribution in [0.3, 0.4) is 0 Å². The Balaban J connectivity index is 1.72. The largest absolute Gasteiger partial charge is 0.480 e. The van der Waals surface area contributed by atoms with Crippen molar-refractivity contribution >= 4 is 17.7 Å². The molecule has 9 heteroatoms. The average molecular weight is 397 g/mol. The Bertz CT molecular complexity index is 1000. The van der Waals surface area contributed by atoms with Crippen LogP contribution in [0.2, 0.25) is 0 Å². The molecule has 0 saturated heterocycles. The Labute approximate surface area is 166 Å². The number of H-pyrrole nitrogens is 1. The summed E-state index contributed by atoms with van der Waals surface area (Å²) in [6.07, 6.45) is 1.87. The minimum Gasteiger partial charge on any atom is -0.480 e. The molecule has 3 rings (SSSR count). The lowest BCUT2D eigenvalue weighted by Gasteiger charge is -2.17. The number of aryl methyl sites for hydroxylation is 1. The van der Waals surface area contributed by atoms with E-state index < -0.39 is 17.9 Å². The van der Waals surface area contributed by atoms with Crippen LogP contribution in [-0.4, -0.2) is 44.8 Å². The first-order chi connectivity index (χ1) is 13.9. The molecule has 8 nitrogen and oxygen atoms in total. The number of carboxylic acids is 1. The smallest absolute Gasteiger partial charge is 0.317 e. The zero-order chi connectivity index (χ0) is 20.8. The molecule has 1 unspecified atom stereocenters. The number of aromatic nitrogens is 3. The molecule has 0 radical (unpaired) electrons. The number of aliphatic carboxylic acids is 1. The molecule has 3 aromatic rings. The summed E-state index contributed by atoms with van der Waals surface area (Å²) in [5.74, 6) is -1.61. The van der Waals surface area contributed by atoms with Crippen molar-refractivity contribution in [1.82, 2.24) is 20.5 Å². The number of hydrogen-bond acceptors (Lipinski definition) is 5. The van der Waals surface area contributed by atoms with Crippen molar-refractivity contribution in [3.05, 3.63) is 65.7 Å². The highest BCUT2D eigenvalue weighted by Gasteiger charge is 2.21. The van der Waals surface area contributed by atoms with Crippen molar-refractivity contribution in [2.24, 2.45) is 0 Å². The molecule has 0 spiro atoms. The van der Waals surface area contributed by atoms with E-state index >= 15 is 0 Å². The van der Waals surface area contributed by atoms with Gasteiger partial charge in [0.1, 0.15) is 5.82 Å². The second-order valence-corrected chi connectivity index (χ2v) is 6.50. The van der Waals surface area contributed by atoms with Gasteiger partial charge in [-0.1, -0.05) is 12.1 Å². The summed E-state index contributed by atoms with van der Waals surface area (Å²) >= 11 is 0. The average Bonchev–Trinajstić information content (AvgIpc) is 3.15. The predicted molar refractivity (Wildman–Crippen MR) is 105 cm³/mol. The van der Waals surface area contributed by atoms with Crippen LogP contribution < -0.4 is 10.6 Å². The van der Waals surface area contributed by atoms with Gasteiger partial charge in [-0.3, -0.25) is 25.0 Å². The van der Waals surface area contributed by atoms with Crippen molar-refractivity contribution < 1.29 is 19.1 Å². The zero-order valence-corrected chi connectivity index (χ0v) is 15.6. The molecule has 1 amide bonds. The Kier molecular flexibility index (Phi) is 6.30. The third-order valence-corrected chi connectivity index (χ3v) is 4.21. The molecule has 2 aromatic heterocycles. The van der Waals surface area contributed by atoms with E-state index in [0.717, 1.165) is 11.3 Å². The fourth-order valence-corrected chi connectivity index (χ4v) is 2.78. The number of carbonyl (C=O) groups is 2. The number of benzene rings is 1. The normalized spacial score (nSPS) is 11.8. The first kappa shape index (κ1) is 20.2. The van der Waals surface area contributed by atoms with E-state index in [2.05, 4.69) is 25.8 Å². The van der Waals surface area contributed by atoms with Crippen LogP contribution in [0.5, 0.6) is 0 Å². The van der Waals surface area contributed by atoms with E-state index in [1.807, 2.05) is 19.1 Å². The first-order valence-electron chi connectivity index (χ1n) is 8.89. The Morgan fingerprint density at radius 3 is 2.66 bits per heavy atom. The highest BCUT2D eigenvalue weighted by Crippen LogP contribution is 2.20. The number of rotatable bonds is 8. The lowest BCUT2D eigenvalue weighted by molar-refractivity contribution is -0.136. The molecule has 0 aliphatic heterocycles. The van der Waals surface area contributed by atoms with Gasteiger partial charge in [-0.2, -0.15) is 5.10 Å². The summed E-state index contributed by atoms with van der Waals surface area (Å²) in [5.41, 5.74) is 3.12. The fraction of sp³-hybridized carbons (Fsp3) is 0.200. The van der Waals surface area contributed by atoms with Gasteiger partial charge in [0.25, 0.3) is 0 Å². The summed E-state index contributed by atoms with van der Waals surface area (Å²) in [6, 6.07) is 10.2. The molecule has 2 heterocycles. The highest BCUT2D eigenvalue weighted by atomic mass is 19.1. The summed E-state index contributed by atoms with van der Waals surface area (Å²) < 4.78 is 13.1. The Hall–Kier alpha value is -3.59. The second kappa shape index (κ2) is 9.07. The zero-order valence-electron chi connectivity index (χ0n) is 15.6. The van der Waals surface area contributed by atoms with Crippen LogP contribution in [0.25, 0.3) is 11.3 Å². The topological polar surface area (TPSA) is 120 Å². The second-order valence-electron chi connectivity index (χ2n) is 6.50. The van der Waals surface area contributed by atoms with Crippen molar-refractivity contribution in [2.75, 3.05) is 11.9 Å². The number of carbonyl (C=O) groups excluding carboxylic acids is 1. The van der Waals surface area contributed by atoms with Crippen LogP contribution in [0.15, 0.2) is 48.7 Å². The van der Waals surface area contributed by atoms with E-state index in [0.29, 0.717) is 17.1 Å². The van der Waals surface area contributed by atoms with Crippen molar-refractivity contribution in [3.63, 3.8) is 0 Å². The molecule has 0 fully saturated rings. The van der Waals surface area contributed by atoms with E-state index in [1.165, 1.54) is 12.1 Å². The SMILES string of the molecule is Cc1cc(-c2cc(NC(=O)C(Cc3ccc(F)cc3)NCC(=O)O)n[nH]2)ccn1. The predicted octanol–water partition coefficient (Wildman–Crippen LogP) is 2.14. The van der Waals surface area contributed by atoms with E-state index in [9.17, 15) is 14.0 Å². The number of hydrogen-bond donors (Lipinski definition) is 4. The number of nitrogens with one attached hydrogen (secondary N) is 3. The molecule has 29 heavy (non-hydrogen) atoms. The van der Waals surface area contributed by atoms with Crippen LogP contribution in [0.4, 0.5) is 10.2 Å². The quantitative estimate of drug-likeness (QED) is 0.462. The number of carboxylic acid groups (broad SMARTS) is 1. The molecule has 0 aliphatic rings. The monoisotopic (exact) mass is 397 g/mol. The maximum absolute atomic E-state index is 13.1. The molecular weight excluding hydrogens is 377 g/mol. The summed E-state index contributed by atoms with van der Waals surface area (Å²) in [5, 5.41) is 21.2. The van der Waals surface area contributed by atoms with E-state index in [4.69, 9.17) is 5.11 Å². The summed E-state index contributed by atoms with van der Waals surface area (Å²) in [7, 11) is 0. The van der Waals surface area contributed by atoms with Gasteiger partial charge in [-0.25, -0.2) is 4.39 Å². The van der Waals surface area contributed by atoms with E-state index in [-0.39, 0.29) is 18.8 Å². The number of aromatic amines is 1. The molecule has 4 N–H and O–H groups in total. The van der Waals surface area contributed by atoms with Gasteiger partial charge < -0.3 is 10.4 Å². The standard InChI is InChI=1S/C20H20FN5O3/c1-12-8-14(6-7-22-12)16-10-18(26-25-16)24-20(29)17(23-11-19(27)28)9-13-2-4-15(21)5-3-13/h2-8,10,17,23H,9,11H2,1H3,(H,27,28)(H2,24,25,26,29). The van der Waals surface area contributed by atoms with Gasteiger partial charge in [0.05, 0.1) is 18.3 Å². The maximum Gasteiger partial charge on any atom is 0.317 e. The minimum absolute atomic E-state index is 0.195. The van der Waals surface area contributed by atoms with Gasteiger partial charge >= 0.3 is 5.97 Å². The molecule has 1 aromatic carbocycles. The van der Waals surface area contributed by atoms with Crippen LogP contribution >= 0.6 is 0 Å². The van der Waals surface area contributed by atoms with Crippen molar-refractivity contribution in [2.45, 2.75) is 19.4 Å². The molecule has 0 aliphatic carbocycles. The lowest BCUT2D eigenvalue weighted by atomic mass is 10.1. The molecule has 150 valence electrons. The lowest BCUT2D eigenvalue weighted by Crippen LogP contribution is -2.44.